The zero-order valence-electron chi connectivity index (χ0n) is 16.3. The Labute approximate surface area is 163 Å². The Bertz CT molecular complexity index is 899. The summed E-state index contributed by atoms with van der Waals surface area (Å²) in [5.41, 5.74) is 0. The van der Waals surface area contributed by atoms with Gasteiger partial charge in [-0.3, -0.25) is 0 Å². The second-order valence-electron chi connectivity index (χ2n) is 8.54. The molecule has 0 heterocycles. The zero-order chi connectivity index (χ0) is 20.0. The van der Waals surface area contributed by atoms with E-state index in [0.717, 1.165) is 19.3 Å². The quantitative estimate of drug-likeness (QED) is 0.791. The zero-order valence-corrected chi connectivity index (χ0v) is 18.0. The van der Waals surface area contributed by atoms with Crippen LogP contribution >= 0.6 is 0 Å². The SMILES string of the molecule is CN=S(=O)(c1ccccc1)[C@H]1[C@H](O)[C@@H](NS(=O)(=O)C(C)(C)C)[C@@H]2CCC[C@@H]21. The van der Waals surface area contributed by atoms with Crippen molar-refractivity contribution in [2.75, 3.05) is 7.05 Å². The van der Waals surface area contributed by atoms with E-state index in [1.807, 2.05) is 18.2 Å². The third-order valence-corrected chi connectivity index (χ3v) is 11.1. The van der Waals surface area contributed by atoms with Crippen LogP contribution in [-0.2, 0) is 19.8 Å². The summed E-state index contributed by atoms with van der Waals surface area (Å²) in [6, 6.07) is 8.40. The van der Waals surface area contributed by atoms with Crippen molar-refractivity contribution in [2.24, 2.45) is 16.2 Å². The van der Waals surface area contributed by atoms with Crippen molar-refractivity contribution in [3.63, 3.8) is 0 Å². The molecule has 0 aromatic heterocycles. The highest BCUT2D eigenvalue weighted by Crippen LogP contribution is 2.49. The molecule has 2 fully saturated rings. The maximum Gasteiger partial charge on any atom is 0.216 e. The summed E-state index contributed by atoms with van der Waals surface area (Å²) >= 11 is 0. The van der Waals surface area contributed by atoms with Gasteiger partial charge in [-0.25, -0.2) is 21.7 Å². The molecule has 6 nitrogen and oxygen atoms in total. The first-order valence-corrected chi connectivity index (χ1v) is 12.5. The number of hydrogen-bond acceptors (Lipinski definition) is 5. The van der Waals surface area contributed by atoms with Crippen LogP contribution in [0.4, 0.5) is 0 Å². The topological polar surface area (TPSA) is 95.8 Å². The lowest BCUT2D eigenvalue weighted by molar-refractivity contribution is 0.148. The van der Waals surface area contributed by atoms with Crippen LogP contribution in [0, 0.1) is 11.8 Å². The fourth-order valence-corrected chi connectivity index (χ4v) is 8.22. The molecule has 1 aromatic rings. The molecule has 6 atom stereocenters. The van der Waals surface area contributed by atoms with Crippen LogP contribution < -0.4 is 4.72 Å². The number of nitrogens with one attached hydrogen (secondary N) is 1. The number of rotatable bonds is 4. The number of benzene rings is 1. The van der Waals surface area contributed by atoms with E-state index in [-0.39, 0.29) is 11.8 Å². The van der Waals surface area contributed by atoms with Gasteiger partial charge in [0, 0.05) is 11.9 Å². The van der Waals surface area contributed by atoms with Crippen LogP contribution in [0.2, 0.25) is 0 Å². The molecule has 8 heteroatoms. The minimum atomic E-state index is -3.63. The van der Waals surface area contributed by atoms with Gasteiger partial charge in [0.2, 0.25) is 10.0 Å². The van der Waals surface area contributed by atoms with E-state index in [2.05, 4.69) is 9.08 Å². The van der Waals surface area contributed by atoms with Gasteiger partial charge in [0.05, 0.1) is 31.9 Å². The van der Waals surface area contributed by atoms with Gasteiger partial charge in [-0.05, 0) is 57.6 Å². The Hall–Kier alpha value is -0.960. The van der Waals surface area contributed by atoms with Crippen LogP contribution in [0.3, 0.4) is 0 Å². The first kappa shape index (κ1) is 20.8. The second kappa shape index (κ2) is 7.13. The fraction of sp³-hybridized carbons (Fsp3) is 0.684. The Morgan fingerprint density at radius 3 is 2.22 bits per heavy atom. The van der Waals surface area contributed by atoms with Gasteiger partial charge in [-0.2, -0.15) is 0 Å². The molecule has 3 rings (SSSR count). The van der Waals surface area contributed by atoms with Crippen LogP contribution in [0.5, 0.6) is 0 Å². The highest BCUT2D eigenvalue weighted by atomic mass is 32.2. The van der Waals surface area contributed by atoms with Gasteiger partial charge in [0.25, 0.3) is 0 Å². The third kappa shape index (κ3) is 3.45. The summed E-state index contributed by atoms with van der Waals surface area (Å²) in [4.78, 5) is 0.599. The summed E-state index contributed by atoms with van der Waals surface area (Å²) in [5, 5.41) is 10.6. The average molecular weight is 415 g/mol. The van der Waals surface area contributed by atoms with Gasteiger partial charge in [-0.1, -0.05) is 24.6 Å². The lowest BCUT2D eigenvalue weighted by Gasteiger charge is -2.28. The first-order chi connectivity index (χ1) is 12.5. The minimum Gasteiger partial charge on any atom is -0.390 e. The second-order valence-corrected chi connectivity index (χ2v) is 13.5. The number of fused-ring (bicyclic) bond motifs is 1. The molecule has 152 valence electrons. The molecule has 2 aliphatic rings. The normalized spacial score (nSPS) is 33.4. The number of nitrogens with zero attached hydrogens (tertiary/aromatic N) is 1. The molecule has 1 unspecified atom stereocenters. The van der Waals surface area contributed by atoms with E-state index in [4.69, 9.17) is 0 Å². The number of hydrogen-bond donors (Lipinski definition) is 2. The molecule has 2 saturated carbocycles. The molecule has 0 bridgehead atoms. The molecule has 0 aliphatic heterocycles. The van der Waals surface area contributed by atoms with E-state index in [0.29, 0.717) is 4.90 Å². The van der Waals surface area contributed by atoms with Gasteiger partial charge < -0.3 is 5.11 Å². The van der Waals surface area contributed by atoms with Crippen molar-refractivity contribution >= 4 is 19.8 Å². The summed E-state index contributed by atoms with van der Waals surface area (Å²) < 4.78 is 45.4. The molecule has 0 saturated heterocycles. The maximum atomic E-state index is 13.9. The maximum absolute atomic E-state index is 13.9. The monoisotopic (exact) mass is 414 g/mol. The number of aliphatic hydroxyl groups excluding tert-OH is 1. The first-order valence-electron chi connectivity index (χ1n) is 9.42. The van der Waals surface area contributed by atoms with Crippen LogP contribution in [-0.4, -0.2) is 46.9 Å². The minimum absolute atomic E-state index is 0.0101. The van der Waals surface area contributed by atoms with E-state index in [1.54, 1.807) is 32.9 Å². The van der Waals surface area contributed by atoms with Gasteiger partial charge in [0.15, 0.2) is 0 Å². The Morgan fingerprint density at radius 1 is 1.07 bits per heavy atom. The summed E-state index contributed by atoms with van der Waals surface area (Å²) in [5.74, 6) is -0.0301. The predicted octanol–water partition coefficient (Wildman–Crippen LogP) is 2.39. The van der Waals surface area contributed by atoms with E-state index in [1.165, 1.54) is 7.05 Å². The summed E-state index contributed by atoms with van der Waals surface area (Å²) in [6.07, 6.45) is 1.57. The Kier molecular flexibility index (Phi) is 5.49. The molecule has 0 amide bonds. The highest BCUT2D eigenvalue weighted by molar-refractivity contribution is 7.94. The van der Waals surface area contributed by atoms with E-state index >= 15 is 0 Å². The van der Waals surface area contributed by atoms with Crippen LogP contribution in [0.1, 0.15) is 40.0 Å². The molecule has 27 heavy (non-hydrogen) atoms. The highest BCUT2D eigenvalue weighted by Gasteiger charge is 2.57. The van der Waals surface area contributed by atoms with Gasteiger partial charge >= 0.3 is 0 Å². The summed E-state index contributed by atoms with van der Waals surface area (Å²) in [7, 11) is -4.97. The molecular formula is C19H30N2O4S2. The average Bonchev–Trinajstić information content (AvgIpc) is 3.16. The van der Waals surface area contributed by atoms with Crippen molar-refractivity contribution in [2.45, 2.75) is 67.1 Å². The van der Waals surface area contributed by atoms with Crippen molar-refractivity contribution in [1.29, 1.82) is 0 Å². The largest absolute Gasteiger partial charge is 0.390 e. The van der Waals surface area contributed by atoms with Crippen molar-refractivity contribution in [1.82, 2.24) is 4.72 Å². The molecule has 1 aromatic carbocycles. The summed E-state index contributed by atoms with van der Waals surface area (Å²) in [6.45, 7) is 4.90. The van der Waals surface area contributed by atoms with Crippen molar-refractivity contribution < 1.29 is 17.7 Å². The molecule has 0 spiro atoms. The van der Waals surface area contributed by atoms with E-state index < -0.39 is 41.9 Å². The Balaban J connectivity index is 2.03. The molecule has 0 radical (unpaired) electrons. The number of aliphatic hydroxyl groups is 1. The lowest BCUT2D eigenvalue weighted by Crippen LogP contribution is -2.51. The van der Waals surface area contributed by atoms with Crippen molar-refractivity contribution in [3.8, 4) is 0 Å². The third-order valence-electron chi connectivity index (χ3n) is 6.03. The molecule has 2 aliphatic carbocycles. The molecular weight excluding hydrogens is 384 g/mol. The van der Waals surface area contributed by atoms with Crippen molar-refractivity contribution in [3.05, 3.63) is 30.3 Å². The van der Waals surface area contributed by atoms with Gasteiger partial charge in [0.1, 0.15) is 0 Å². The molecule has 2 N–H and O–H groups in total. The lowest BCUT2D eigenvalue weighted by atomic mass is 9.98. The van der Waals surface area contributed by atoms with Crippen LogP contribution in [0.25, 0.3) is 0 Å². The fourth-order valence-electron chi connectivity index (χ4n) is 4.52. The Morgan fingerprint density at radius 2 is 1.67 bits per heavy atom. The van der Waals surface area contributed by atoms with Crippen LogP contribution in [0.15, 0.2) is 39.6 Å². The van der Waals surface area contributed by atoms with Gasteiger partial charge in [-0.15, -0.1) is 0 Å². The standard InChI is InChI=1S/C19H30N2O4S2/c1-19(2,3)27(24,25)21-16-14-11-8-12-15(14)18(17(16)22)26(23,20-4)13-9-6-5-7-10-13/h5-7,9-10,14-18,21-22H,8,11-12H2,1-4H3/t14-,15+,16+,17-,18-,26?/m1/s1. The predicted molar refractivity (Wildman–Crippen MR) is 107 cm³/mol. The smallest absolute Gasteiger partial charge is 0.216 e. The van der Waals surface area contributed by atoms with E-state index in [9.17, 15) is 17.7 Å². The number of sulfonamides is 1.